The third kappa shape index (κ3) is 1.77. The van der Waals surface area contributed by atoms with Crippen LogP contribution in [-0.4, -0.2) is 0 Å². The van der Waals surface area contributed by atoms with Crippen LogP contribution in [-0.2, 0) is 0 Å². The fraction of sp³-hybridized carbons (Fsp3) is 0.867. The zero-order valence-corrected chi connectivity index (χ0v) is 10.8. The highest BCUT2D eigenvalue weighted by molar-refractivity contribution is 5.22. The molecule has 0 nitrogen and oxygen atoms in total. The lowest BCUT2D eigenvalue weighted by molar-refractivity contribution is 0.147. The lowest BCUT2D eigenvalue weighted by Gasteiger charge is -2.37. The van der Waals surface area contributed by atoms with Gasteiger partial charge in [0.1, 0.15) is 0 Å². The molecule has 3 atom stereocenters. The molecular formula is C15H26. The van der Waals surface area contributed by atoms with Gasteiger partial charge in [-0.25, -0.2) is 0 Å². The molecule has 0 amide bonds. The summed E-state index contributed by atoms with van der Waals surface area (Å²) in [5.41, 5.74) is 2.12. The van der Waals surface area contributed by atoms with Crippen LogP contribution >= 0.6 is 0 Å². The second-order valence-electron chi connectivity index (χ2n) is 6.21. The second-order valence-corrected chi connectivity index (χ2v) is 6.21. The summed E-state index contributed by atoms with van der Waals surface area (Å²) in [7, 11) is 0. The minimum absolute atomic E-state index is 0.468. The molecule has 0 aromatic heterocycles. The molecule has 0 aliphatic heterocycles. The van der Waals surface area contributed by atoms with Crippen molar-refractivity contribution in [2.45, 2.75) is 59.8 Å². The Morgan fingerprint density at radius 3 is 2.60 bits per heavy atom. The largest absolute Gasteiger partial charge is 0.0816 e. The summed E-state index contributed by atoms with van der Waals surface area (Å²) >= 11 is 0. The Balaban J connectivity index is 2.28. The number of hydrogen-bond acceptors (Lipinski definition) is 0. The molecule has 0 saturated heterocycles. The van der Waals surface area contributed by atoms with Crippen LogP contribution in [0.4, 0.5) is 0 Å². The summed E-state index contributed by atoms with van der Waals surface area (Å²) in [5, 5.41) is 0. The van der Waals surface area contributed by atoms with Crippen LogP contribution in [0, 0.1) is 23.2 Å². The Kier molecular flexibility index (Phi) is 2.96. The van der Waals surface area contributed by atoms with Gasteiger partial charge in [-0.1, -0.05) is 58.1 Å². The van der Waals surface area contributed by atoms with Gasteiger partial charge in [-0.3, -0.25) is 0 Å². The van der Waals surface area contributed by atoms with Gasteiger partial charge < -0.3 is 0 Å². The summed E-state index contributed by atoms with van der Waals surface area (Å²) in [5.74, 6) is 2.80. The van der Waals surface area contributed by atoms with Crippen LogP contribution in [0.3, 0.4) is 0 Å². The van der Waals surface area contributed by atoms with Gasteiger partial charge in [0.05, 0.1) is 0 Å². The van der Waals surface area contributed by atoms with E-state index in [1.807, 2.05) is 0 Å². The second kappa shape index (κ2) is 3.96. The maximum Gasteiger partial charge on any atom is -0.0111 e. The van der Waals surface area contributed by atoms with Gasteiger partial charge in [0, 0.05) is 0 Å². The Hall–Kier alpha value is -0.260. The van der Waals surface area contributed by atoms with Crippen LogP contribution in [0.5, 0.6) is 0 Å². The Labute approximate surface area is 95.1 Å². The zero-order valence-electron chi connectivity index (χ0n) is 10.8. The highest BCUT2D eigenvalue weighted by atomic mass is 14.5. The van der Waals surface area contributed by atoms with Gasteiger partial charge in [-0.05, 0) is 36.5 Å². The van der Waals surface area contributed by atoms with Crippen molar-refractivity contribution in [3.05, 3.63) is 11.6 Å². The fourth-order valence-electron chi connectivity index (χ4n) is 4.06. The average Bonchev–Trinajstić information content (AvgIpc) is 2.39. The first-order valence-corrected chi connectivity index (χ1v) is 6.76. The molecule has 3 unspecified atom stereocenters. The van der Waals surface area contributed by atoms with Crippen molar-refractivity contribution >= 4 is 0 Å². The maximum absolute atomic E-state index is 2.60. The van der Waals surface area contributed by atoms with E-state index in [9.17, 15) is 0 Å². The van der Waals surface area contributed by atoms with E-state index in [4.69, 9.17) is 0 Å². The van der Waals surface area contributed by atoms with Gasteiger partial charge >= 0.3 is 0 Å². The molecule has 0 heteroatoms. The van der Waals surface area contributed by atoms with Gasteiger partial charge in [0.15, 0.2) is 0 Å². The van der Waals surface area contributed by atoms with E-state index in [1.165, 1.54) is 32.1 Å². The van der Waals surface area contributed by atoms with Crippen molar-refractivity contribution in [2.75, 3.05) is 0 Å². The monoisotopic (exact) mass is 206 g/mol. The van der Waals surface area contributed by atoms with Gasteiger partial charge in [-0.2, -0.15) is 0 Å². The van der Waals surface area contributed by atoms with E-state index in [1.54, 1.807) is 5.57 Å². The summed E-state index contributed by atoms with van der Waals surface area (Å²) in [6.45, 7) is 9.67. The summed E-state index contributed by atoms with van der Waals surface area (Å²) in [4.78, 5) is 0. The lowest BCUT2D eigenvalue weighted by atomic mass is 9.67. The van der Waals surface area contributed by atoms with Crippen molar-refractivity contribution in [3.8, 4) is 0 Å². The van der Waals surface area contributed by atoms with Crippen LogP contribution in [0.2, 0.25) is 0 Å². The molecule has 0 heterocycles. The Bertz CT molecular complexity index is 259. The third-order valence-electron chi connectivity index (χ3n) is 5.17. The van der Waals surface area contributed by atoms with E-state index in [-0.39, 0.29) is 0 Å². The van der Waals surface area contributed by atoms with Crippen molar-refractivity contribution in [1.82, 2.24) is 0 Å². The van der Waals surface area contributed by atoms with Crippen molar-refractivity contribution in [3.63, 3.8) is 0 Å². The predicted molar refractivity (Wildman–Crippen MR) is 66.8 cm³/mol. The predicted octanol–water partition coefficient (Wildman–Crippen LogP) is 4.81. The molecule has 0 spiro atoms. The van der Waals surface area contributed by atoms with E-state index in [2.05, 4.69) is 33.8 Å². The first-order valence-electron chi connectivity index (χ1n) is 6.76. The molecule has 0 aromatic rings. The summed E-state index contributed by atoms with van der Waals surface area (Å²) < 4.78 is 0. The normalized spacial score (nSPS) is 39.5. The van der Waals surface area contributed by atoms with Gasteiger partial charge in [-0.15, -0.1) is 0 Å². The molecule has 0 N–H and O–H groups in total. The molecule has 1 fully saturated rings. The van der Waals surface area contributed by atoms with Crippen LogP contribution in [0.15, 0.2) is 11.6 Å². The van der Waals surface area contributed by atoms with E-state index in [0.29, 0.717) is 5.41 Å². The highest BCUT2D eigenvalue weighted by Gasteiger charge is 2.45. The van der Waals surface area contributed by atoms with Gasteiger partial charge in [0.25, 0.3) is 0 Å². The smallest absolute Gasteiger partial charge is 0.0111 e. The van der Waals surface area contributed by atoms with Crippen molar-refractivity contribution in [2.24, 2.45) is 23.2 Å². The number of rotatable bonds is 1. The van der Waals surface area contributed by atoms with Crippen LogP contribution in [0.1, 0.15) is 59.8 Å². The molecule has 0 radical (unpaired) electrons. The van der Waals surface area contributed by atoms with Crippen LogP contribution < -0.4 is 0 Å². The number of allylic oxidation sites excluding steroid dienone is 2. The first kappa shape index (κ1) is 11.2. The highest BCUT2D eigenvalue weighted by Crippen LogP contribution is 2.54. The quantitative estimate of drug-likeness (QED) is 0.540. The zero-order chi connectivity index (χ0) is 11.1. The molecule has 2 aliphatic carbocycles. The van der Waals surface area contributed by atoms with Crippen LogP contribution in [0.25, 0.3) is 0 Å². The molecule has 0 bridgehead atoms. The topological polar surface area (TPSA) is 0 Å². The minimum atomic E-state index is 0.468. The fourth-order valence-corrected chi connectivity index (χ4v) is 4.06. The maximum atomic E-state index is 2.60. The van der Waals surface area contributed by atoms with Crippen molar-refractivity contribution in [1.29, 1.82) is 0 Å². The molecule has 15 heavy (non-hydrogen) atoms. The van der Waals surface area contributed by atoms with E-state index in [0.717, 1.165) is 17.8 Å². The molecule has 1 saturated carbocycles. The standard InChI is InChI=1S/C15H26/c1-5-12-8-6-7-9-13-10-11(2)15(3,4)14(12)13/h10,12-14H,5-9H2,1-4H3. The molecule has 2 rings (SSSR count). The molecule has 2 aliphatic rings. The average molecular weight is 206 g/mol. The number of hydrogen-bond donors (Lipinski definition) is 0. The Morgan fingerprint density at radius 2 is 1.93 bits per heavy atom. The first-order chi connectivity index (χ1) is 7.07. The molecule has 0 aromatic carbocycles. The molecular weight excluding hydrogens is 180 g/mol. The van der Waals surface area contributed by atoms with Crippen molar-refractivity contribution < 1.29 is 0 Å². The minimum Gasteiger partial charge on any atom is -0.0816 e. The summed E-state index contributed by atoms with van der Waals surface area (Å²) in [6.07, 6.45) is 9.82. The number of fused-ring (bicyclic) bond motifs is 1. The lowest BCUT2D eigenvalue weighted by Crippen LogP contribution is -2.30. The summed E-state index contributed by atoms with van der Waals surface area (Å²) in [6, 6.07) is 0. The van der Waals surface area contributed by atoms with Gasteiger partial charge in [0.2, 0.25) is 0 Å². The van der Waals surface area contributed by atoms with E-state index >= 15 is 0 Å². The van der Waals surface area contributed by atoms with E-state index < -0.39 is 0 Å². The third-order valence-corrected chi connectivity index (χ3v) is 5.17. The molecule has 86 valence electrons. The Morgan fingerprint density at radius 1 is 1.27 bits per heavy atom. The SMILES string of the molecule is CCC1CCCCC2C=C(C)C(C)(C)C21.